The van der Waals surface area contributed by atoms with Crippen LogP contribution in [0.4, 0.5) is 5.69 Å². The molecule has 2 fully saturated rings. The first kappa shape index (κ1) is 34.5. The van der Waals surface area contributed by atoms with Gasteiger partial charge in [-0.2, -0.15) is 5.21 Å². The van der Waals surface area contributed by atoms with Crippen molar-refractivity contribution >= 4 is 40.8 Å². The van der Waals surface area contributed by atoms with Crippen molar-refractivity contribution in [3.05, 3.63) is 93.5 Å². The van der Waals surface area contributed by atoms with Gasteiger partial charge in [0.15, 0.2) is 0 Å². The van der Waals surface area contributed by atoms with E-state index in [1.165, 1.54) is 0 Å². The third-order valence-electron chi connectivity index (χ3n) is 10.8. The summed E-state index contributed by atoms with van der Waals surface area (Å²) in [6.45, 7) is 7.99. The molecular weight excluding hydrogens is 673 g/mol. The van der Waals surface area contributed by atoms with E-state index in [-0.39, 0.29) is 35.2 Å². The summed E-state index contributed by atoms with van der Waals surface area (Å²) in [5, 5.41) is 32.4. The maximum absolute atomic E-state index is 14.6. The summed E-state index contributed by atoms with van der Waals surface area (Å²) >= 11 is 13.9. The molecule has 4 aromatic rings. The molecule has 1 saturated carbocycles. The molecule has 4 atom stereocenters. The summed E-state index contributed by atoms with van der Waals surface area (Å²) in [6.07, 6.45) is 3.20. The molecule has 4 N–H and O–H groups in total. The molecule has 1 aromatic heterocycles. The standard InChI is InChI=1S/C38H43Cl2N7O3/c1-37(2,3)19-31-38(21-47(30-17-14-25(39)18-28(30)38)20-22-8-10-23(11-9-22)34-43-45-46-44-34)32(27-6-4-5-7-29(27)40)33(42-31)35(48)41-26-15-12-24(13-16-26)36(49)50/h4-11,14,17-18,24,26,31-33,42H,12-13,15-16,19-21H2,1-3H3,(H,41,48)(H,49,50)(H,43,44,45,46)/t24?,26?,31-,32-,33+,38-/m0/s1. The number of carboxylic acids is 1. The third kappa shape index (κ3) is 6.61. The van der Waals surface area contributed by atoms with Crippen LogP contribution < -0.4 is 15.5 Å². The Morgan fingerprint density at radius 3 is 2.42 bits per heavy atom. The monoisotopic (exact) mass is 715 g/mol. The van der Waals surface area contributed by atoms with Crippen molar-refractivity contribution in [2.24, 2.45) is 11.3 Å². The molecule has 1 amide bonds. The fourth-order valence-corrected chi connectivity index (χ4v) is 9.05. The molecule has 1 spiro atoms. The van der Waals surface area contributed by atoms with Gasteiger partial charge in [-0.1, -0.05) is 86.4 Å². The maximum Gasteiger partial charge on any atom is 0.306 e. The lowest BCUT2D eigenvalue weighted by atomic mass is 9.63. The summed E-state index contributed by atoms with van der Waals surface area (Å²) in [7, 11) is 0. The fourth-order valence-electron chi connectivity index (χ4n) is 8.63. The van der Waals surface area contributed by atoms with Crippen LogP contribution >= 0.6 is 23.2 Å². The number of nitrogens with one attached hydrogen (secondary N) is 3. The molecule has 12 heteroatoms. The van der Waals surface area contributed by atoms with E-state index >= 15 is 0 Å². The molecule has 50 heavy (non-hydrogen) atoms. The van der Waals surface area contributed by atoms with Gasteiger partial charge < -0.3 is 20.6 Å². The second-order valence-electron chi connectivity index (χ2n) is 15.3. The number of rotatable bonds is 8. The zero-order valence-corrected chi connectivity index (χ0v) is 30.0. The van der Waals surface area contributed by atoms with Crippen molar-refractivity contribution in [2.45, 2.75) is 88.9 Å². The molecule has 2 aliphatic heterocycles. The minimum absolute atomic E-state index is 0.0621. The number of amides is 1. The Morgan fingerprint density at radius 1 is 1.02 bits per heavy atom. The van der Waals surface area contributed by atoms with Gasteiger partial charge in [0.05, 0.1) is 12.0 Å². The van der Waals surface area contributed by atoms with E-state index < -0.39 is 17.4 Å². The lowest BCUT2D eigenvalue weighted by Crippen LogP contribution is -2.49. The van der Waals surface area contributed by atoms with Crippen LogP contribution in [0.3, 0.4) is 0 Å². The van der Waals surface area contributed by atoms with Gasteiger partial charge in [-0.25, -0.2) is 0 Å². The van der Waals surface area contributed by atoms with Crippen molar-refractivity contribution in [1.29, 1.82) is 0 Å². The molecule has 3 heterocycles. The van der Waals surface area contributed by atoms with E-state index in [2.05, 4.69) is 87.3 Å². The Bertz CT molecular complexity index is 1850. The van der Waals surface area contributed by atoms with Crippen LogP contribution in [0, 0.1) is 11.3 Å². The highest BCUT2D eigenvalue weighted by Crippen LogP contribution is 2.58. The highest BCUT2D eigenvalue weighted by Gasteiger charge is 2.62. The largest absolute Gasteiger partial charge is 0.481 e. The molecule has 3 aliphatic rings. The number of aromatic nitrogens is 4. The quantitative estimate of drug-likeness (QED) is 0.157. The number of carboxylic acid groups (broad SMARTS) is 1. The summed E-state index contributed by atoms with van der Waals surface area (Å²) in [5.74, 6) is -0.973. The lowest BCUT2D eigenvalue weighted by molar-refractivity contribution is -0.142. The van der Waals surface area contributed by atoms with Crippen LogP contribution in [0.15, 0.2) is 66.7 Å². The Morgan fingerprint density at radius 2 is 1.76 bits per heavy atom. The van der Waals surface area contributed by atoms with E-state index in [0.29, 0.717) is 54.6 Å². The summed E-state index contributed by atoms with van der Waals surface area (Å²) in [6, 6.07) is 21.4. The highest BCUT2D eigenvalue weighted by atomic mass is 35.5. The highest BCUT2D eigenvalue weighted by molar-refractivity contribution is 6.31. The number of H-pyrrole nitrogens is 1. The number of hydrogen-bond acceptors (Lipinski definition) is 7. The SMILES string of the molecule is CC(C)(C)C[C@@H]1N[C@@H](C(=O)NC2CCC(C(=O)O)CC2)[C@H](c2ccccc2Cl)[C@]12CN(Cc1ccc(-c3nn[nH]n3)cc1)c1ccc(Cl)cc12. The van der Waals surface area contributed by atoms with Crippen LogP contribution in [-0.2, 0) is 21.5 Å². The molecule has 3 aromatic carbocycles. The number of halogens is 2. The Hall–Kier alpha value is -3.99. The van der Waals surface area contributed by atoms with Crippen LogP contribution in [-0.4, -0.2) is 62.3 Å². The second kappa shape index (κ2) is 13.6. The van der Waals surface area contributed by atoms with E-state index in [4.69, 9.17) is 23.2 Å². The van der Waals surface area contributed by atoms with Gasteiger partial charge in [-0.15, -0.1) is 10.2 Å². The average Bonchev–Trinajstić information content (AvgIpc) is 3.80. The number of tetrazole rings is 1. The average molecular weight is 717 g/mol. The van der Waals surface area contributed by atoms with Gasteiger partial charge in [0, 0.05) is 57.8 Å². The molecule has 7 rings (SSSR count). The number of aliphatic carboxylic acids is 1. The van der Waals surface area contributed by atoms with Crippen molar-refractivity contribution in [1.82, 2.24) is 31.3 Å². The topological polar surface area (TPSA) is 136 Å². The van der Waals surface area contributed by atoms with Gasteiger partial charge in [0.2, 0.25) is 11.7 Å². The number of aromatic amines is 1. The molecule has 262 valence electrons. The predicted octanol–water partition coefficient (Wildman–Crippen LogP) is 6.75. The second-order valence-corrected chi connectivity index (χ2v) is 16.2. The first-order chi connectivity index (χ1) is 23.9. The minimum Gasteiger partial charge on any atom is -0.481 e. The molecule has 10 nitrogen and oxygen atoms in total. The van der Waals surface area contributed by atoms with E-state index in [1.807, 2.05) is 36.4 Å². The van der Waals surface area contributed by atoms with Crippen molar-refractivity contribution in [2.75, 3.05) is 11.4 Å². The number of carbonyl (C=O) groups is 2. The van der Waals surface area contributed by atoms with E-state index in [1.54, 1.807) is 0 Å². The molecule has 1 saturated heterocycles. The van der Waals surface area contributed by atoms with Crippen molar-refractivity contribution in [3.63, 3.8) is 0 Å². The van der Waals surface area contributed by atoms with Crippen molar-refractivity contribution in [3.8, 4) is 11.4 Å². The van der Waals surface area contributed by atoms with E-state index in [9.17, 15) is 14.7 Å². The van der Waals surface area contributed by atoms with E-state index in [0.717, 1.165) is 34.4 Å². The van der Waals surface area contributed by atoms with Crippen LogP contribution in [0.1, 0.15) is 75.5 Å². The summed E-state index contributed by atoms with van der Waals surface area (Å²) in [4.78, 5) is 28.6. The molecule has 1 aliphatic carbocycles. The smallest absolute Gasteiger partial charge is 0.306 e. The van der Waals surface area contributed by atoms with Crippen LogP contribution in [0.25, 0.3) is 11.4 Å². The number of benzene rings is 3. The molecule has 0 unspecified atom stereocenters. The van der Waals surface area contributed by atoms with Gasteiger partial charge >= 0.3 is 5.97 Å². The molecular formula is C38H43Cl2N7O3. The third-order valence-corrected chi connectivity index (χ3v) is 11.4. The van der Waals surface area contributed by atoms with Gasteiger partial charge in [0.1, 0.15) is 0 Å². The lowest BCUT2D eigenvalue weighted by Gasteiger charge is -2.40. The summed E-state index contributed by atoms with van der Waals surface area (Å²) in [5.41, 5.74) is 4.49. The number of nitrogens with zero attached hydrogens (tertiary/aromatic N) is 4. The van der Waals surface area contributed by atoms with Crippen LogP contribution in [0.2, 0.25) is 10.0 Å². The maximum atomic E-state index is 14.6. The number of hydrogen-bond donors (Lipinski definition) is 4. The molecule has 0 bridgehead atoms. The Kier molecular flexibility index (Phi) is 9.39. The number of carbonyl (C=O) groups excluding carboxylic acids is 1. The fraction of sp³-hybridized carbons (Fsp3) is 0.447. The van der Waals surface area contributed by atoms with Gasteiger partial charge in [-0.05, 0) is 83.7 Å². The predicted molar refractivity (Wildman–Crippen MR) is 194 cm³/mol. The van der Waals surface area contributed by atoms with Crippen LogP contribution in [0.5, 0.6) is 0 Å². The Labute approximate surface area is 302 Å². The Balaban J connectivity index is 1.29. The minimum atomic E-state index is -0.760. The first-order valence-corrected chi connectivity index (χ1v) is 18.1. The summed E-state index contributed by atoms with van der Waals surface area (Å²) < 4.78 is 0. The van der Waals surface area contributed by atoms with Gasteiger partial charge in [0.25, 0.3) is 0 Å². The van der Waals surface area contributed by atoms with Crippen molar-refractivity contribution < 1.29 is 14.7 Å². The number of anilines is 1. The molecule has 0 radical (unpaired) electrons. The zero-order valence-electron chi connectivity index (χ0n) is 28.5. The zero-order chi connectivity index (χ0) is 35.2. The first-order valence-electron chi connectivity index (χ1n) is 17.3. The van der Waals surface area contributed by atoms with Gasteiger partial charge in [-0.3, -0.25) is 9.59 Å². The normalized spacial score (nSPS) is 26.3. The number of fused-ring (bicyclic) bond motifs is 2.